The number of alkyl carbamates (subject to hydrolysis) is 1. The van der Waals surface area contributed by atoms with E-state index in [-0.39, 0.29) is 44.0 Å². The monoisotopic (exact) mass is 596 g/mol. The van der Waals surface area contributed by atoms with E-state index < -0.39 is 41.6 Å². The molecule has 0 aliphatic rings. The normalized spacial score (nSPS) is 13.2. The van der Waals surface area contributed by atoms with Crippen molar-refractivity contribution >= 4 is 46.8 Å². The molecule has 2 rings (SSSR count). The van der Waals surface area contributed by atoms with Gasteiger partial charge in [-0.2, -0.15) is 0 Å². The van der Waals surface area contributed by atoms with Gasteiger partial charge in [-0.1, -0.05) is 42.5 Å². The highest BCUT2D eigenvalue weighted by molar-refractivity contribution is 5.93. The second kappa shape index (κ2) is 16.7. The number of nitrogens with two attached hydrogens (primary N) is 3. The number of ether oxygens (including phenoxy) is 1. The van der Waals surface area contributed by atoms with Gasteiger partial charge in [0.1, 0.15) is 24.0 Å². The summed E-state index contributed by atoms with van der Waals surface area (Å²) in [6.07, 6.45) is 1.44. The summed E-state index contributed by atoms with van der Waals surface area (Å²) in [6, 6.07) is 10.3. The first-order chi connectivity index (χ1) is 20.3. The first-order valence-corrected chi connectivity index (χ1v) is 14.2. The Bertz CT molecular complexity index is 1300. The summed E-state index contributed by atoms with van der Waals surface area (Å²) in [4.78, 5) is 55.4. The maximum absolute atomic E-state index is 13.6. The molecule has 13 nitrogen and oxygen atoms in total. The zero-order valence-corrected chi connectivity index (χ0v) is 25.0. The van der Waals surface area contributed by atoms with Crippen LogP contribution in [-0.4, -0.2) is 66.3 Å². The average molecular weight is 597 g/mol. The zero-order chi connectivity index (χ0) is 32.0. The average Bonchev–Trinajstić information content (AvgIpc) is 2.92. The molecule has 0 radical (unpaired) electrons. The molecule has 0 aliphatic carbocycles. The van der Waals surface area contributed by atoms with Crippen LogP contribution in [0.4, 0.5) is 4.79 Å². The summed E-state index contributed by atoms with van der Waals surface area (Å²) in [7, 11) is 0. The molecule has 0 bridgehead atoms. The Morgan fingerprint density at radius 3 is 2.26 bits per heavy atom. The van der Waals surface area contributed by atoms with Gasteiger partial charge in [-0.05, 0) is 62.8 Å². The molecule has 0 saturated carbocycles. The number of amidine groups is 1. The number of nitrogens with zero attached hydrogens (tertiary/aromatic N) is 1. The number of aliphatic imine (C=N–C) groups is 1. The highest BCUT2D eigenvalue weighted by Crippen LogP contribution is 2.20. The Balaban J connectivity index is 2.32. The molecule has 13 heteroatoms. The molecule has 3 atom stereocenters. The first-order valence-electron chi connectivity index (χ1n) is 14.2. The van der Waals surface area contributed by atoms with E-state index >= 15 is 0 Å². The van der Waals surface area contributed by atoms with Crippen molar-refractivity contribution in [2.75, 3.05) is 6.54 Å². The number of fused-ring (bicyclic) bond motifs is 1. The molecule has 0 aromatic heterocycles. The van der Waals surface area contributed by atoms with E-state index in [4.69, 9.17) is 27.3 Å². The summed E-state index contributed by atoms with van der Waals surface area (Å²) >= 11 is 0. The summed E-state index contributed by atoms with van der Waals surface area (Å²) in [5, 5.41) is 17.3. The number of amides is 3. The van der Waals surface area contributed by atoms with Crippen molar-refractivity contribution in [2.24, 2.45) is 22.2 Å². The van der Waals surface area contributed by atoms with Crippen molar-refractivity contribution in [3.05, 3.63) is 48.0 Å². The topological polar surface area (TPSA) is 228 Å². The molecule has 0 spiro atoms. The third-order valence-electron chi connectivity index (χ3n) is 6.34. The van der Waals surface area contributed by atoms with Crippen LogP contribution in [0.15, 0.2) is 47.5 Å². The number of aldehydes is 1. The molecule has 10 N–H and O–H groups in total. The second-order valence-electron chi connectivity index (χ2n) is 11.2. The van der Waals surface area contributed by atoms with Crippen LogP contribution in [0.2, 0.25) is 0 Å². The van der Waals surface area contributed by atoms with Gasteiger partial charge in [0.15, 0.2) is 5.96 Å². The molecule has 3 amide bonds. The van der Waals surface area contributed by atoms with Gasteiger partial charge in [0, 0.05) is 19.4 Å². The van der Waals surface area contributed by atoms with Crippen molar-refractivity contribution in [3.63, 3.8) is 0 Å². The fraction of sp³-hybridized carbons (Fsp3) is 0.467. The van der Waals surface area contributed by atoms with E-state index in [9.17, 15) is 19.2 Å². The zero-order valence-electron chi connectivity index (χ0n) is 25.0. The molecule has 0 fully saturated rings. The highest BCUT2D eigenvalue weighted by Gasteiger charge is 2.29. The molecule has 0 heterocycles. The fourth-order valence-corrected chi connectivity index (χ4v) is 4.36. The van der Waals surface area contributed by atoms with Gasteiger partial charge in [-0.3, -0.25) is 20.0 Å². The largest absolute Gasteiger partial charge is 0.444 e. The second-order valence-corrected chi connectivity index (χ2v) is 11.2. The van der Waals surface area contributed by atoms with Crippen LogP contribution in [0.5, 0.6) is 0 Å². The van der Waals surface area contributed by atoms with Crippen molar-refractivity contribution in [1.82, 2.24) is 16.0 Å². The number of guanidine groups is 1. The van der Waals surface area contributed by atoms with E-state index in [2.05, 4.69) is 20.9 Å². The molecule has 2 aromatic carbocycles. The lowest BCUT2D eigenvalue weighted by molar-refractivity contribution is -0.131. The van der Waals surface area contributed by atoms with Crippen LogP contribution in [0, 0.1) is 5.41 Å². The van der Waals surface area contributed by atoms with Gasteiger partial charge in [-0.25, -0.2) is 4.79 Å². The Hall–Kier alpha value is -4.68. The molecule has 234 valence electrons. The van der Waals surface area contributed by atoms with Crippen molar-refractivity contribution < 1.29 is 23.9 Å². The number of hydrogen-bond donors (Lipinski definition) is 7. The maximum Gasteiger partial charge on any atom is 0.408 e. The number of hydrogen-bond acceptors (Lipinski definition) is 7. The number of benzene rings is 2. The van der Waals surface area contributed by atoms with Crippen molar-refractivity contribution in [2.45, 2.75) is 83.0 Å². The van der Waals surface area contributed by atoms with Crippen LogP contribution >= 0.6 is 0 Å². The predicted molar refractivity (Wildman–Crippen MR) is 166 cm³/mol. The maximum atomic E-state index is 13.6. The Labute approximate surface area is 251 Å². The molecule has 2 aromatic rings. The van der Waals surface area contributed by atoms with Gasteiger partial charge < -0.3 is 42.7 Å². The first kappa shape index (κ1) is 34.5. The smallest absolute Gasteiger partial charge is 0.408 e. The Morgan fingerprint density at radius 2 is 1.60 bits per heavy atom. The minimum atomic E-state index is -1.09. The minimum absolute atomic E-state index is 0.0135. The molecule has 0 saturated heterocycles. The van der Waals surface area contributed by atoms with Gasteiger partial charge in [-0.15, -0.1) is 0 Å². The van der Waals surface area contributed by atoms with Crippen LogP contribution in [0.3, 0.4) is 0 Å². The van der Waals surface area contributed by atoms with Gasteiger partial charge in [0.25, 0.3) is 0 Å². The molecule has 0 aliphatic heterocycles. The third kappa shape index (κ3) is 12.8. The van der Waals surface area contributed by atoms with E-state index in [1.807, 2.05) is 42.5 Å². The lowest BCUT2D eigenvalue weighted by Gasteiger charge is -2.26. The SMILES string of the molecule is CC(C)(C)OC(=O)N[C@H](CCCN=C(N)N)C(=O)N[C@@H](Cc1cccc2ccccc12)C(=O)N[C@H](C=O)CCCC(=N)N. The minimum Gasteiger partial charge on any atom is -0.444 e. The van der Waals surface area contributed by atoms with Crippen molar-refractivity contribution in [1.29, 1.82) is 5.41 Å². The van der Waals surface area contributed by atoms with E-state index in [0.717, 1.165) is 16.3 Å². The summed E-state index contributed by atoms with van der Waals surface area (Å²) in [6.45, 7) is 5.32. The molecular weight excluding hydrogens is 552 g/mol. The van der Waals surface area contributed by atoms with Crippen LogP contribution in [0.25, 0.3) is 10.8 Å². The van der Waals surface area contributed by atoms with E-state index in [1.165, 1.54) is 0 Å². The van der Waals surface area contributed by atoms with Crippen LogP contribution in [0.1, 0.15) is 58.4 Å². The van der Waals surface area contributed by atoms with E-state index in [1.54, 1.807) is 20.8 Å². The quantitative estimate of drug-likeness (QED) is 0.0650. The van der Waals surface area contributed by atoms with Crippen LogP contribution < -0.4 is 33.2 Å². The Morgan fingerprint density at radius 1 is 0.930 bits per heavy atom. The molecular formula is C30H44N8O5. The van der Waals surface area contributed by atoms with Crippen molar-refractivity contribution in [3.8, 4) is 0 Å². The van der Waals surface area contributed by atoms with E-state index in [0.29, 0.717) is 19.1 Å². The van der Waals surface area contributed by atoms with Gasteiger partial charge in [0.05, 0.1) is 11.9 Å². The Kier molecular flexibility index (Phi) is 13.4. The number of carbonyl (C=O) groups excluding carboxylic acids is 4. The predicted octanol–water partition coefficient (Wildman–Crippen LogP) is 1.60. The summed E-state index contributed by atoms with van der Waals surface area (Å²) in [5.74, 6) is -1.30. The summed E-state index contributed by atoms with van der Waals surface area (Å²) < 4.78 is 5.34. The number of carbonyl (C=O) groups is 4. The summed E-state index contributed by atoms with van der Waals surface area (Å²) in [5.41, 5.74) is 16.2. The van der Waals surface area contributed by atoms with Gasteiger partial charge >= 0.3 is 6.09 Å². The number of nitrogens with one attached hydrogen (secondary N) is 4. The fourth-order valence-electron chi connectivity index (χ4n) is 4.36. The molecule has 43 heavy (non-hydrogen) atoms. The highest BCUT2D eigenvalue weighted by atomic mass is 16.6. The lowest BCUT2D eigenvalue weighted by atomic mass is 9.97. The number of rotatable bonds is 16. The molecule has 0 unspecified atom stereocenters. The third-order valence-corrected chi connectivity index (χ3v) is 6.34. The van der Waals surface area contributed by atoms with Gasteiger partial charge in [0.2, 0.25) is 11.8 Å². The standard InChI is InChI=1S/C30H44N8O5/c1-30(2,3)43-29(42)38-23(14-8-16-35-28(33)34)26(40)37-24(27(41)36-21(18-39)12-7-15-25(31)32)17-20-11-6-10-19-9-4-5-13-22(19)20/h4-6,9-11,13,18,21,23-24H,7-8,12,14-17H2,1-3H3,(H3,31,32)(H,36,41)(H,37,40)(H,38,42)(H4,33,34,35)/t21-,23+,24-/m0/s1. The lowest BCUT2D eigenvalue weighted by Crippen LogP contribution is -2.56. The van der Waals surface area contributed by atoms with Crippen LogP contribution in [-0.2, 0) is 25.5 Å².